The smallest absolute Gasteiger partial charge is 0.262 e. The average molecular weight is 360 g/mol. The first kappa shape index (κ1) is 16.2. The maximum absolute atomic E-state index is 12.1. The van der Waals surface area contributed by atoms with E-state index in [0.29, 0.717) is 0 Å². The third-order valence-electron chi connectivity index (χ3n) is 3.13. The van der Waals surface area contributed by atoms with Gasteiger partial charge in [0.2, 0.25) is 0 Å². The van der Waals surface area contributed by atoms with E-state index < -0.39 is 0 Å². The van der Waals surface area contributed by atoms with Crippen molar-refractivity contribution in [2.75, 3.05) is 5.32 Å². The number of amides is 1. The summed E-state index contributed by atoms with van der Waals surface area (Å²) in [6.07, 6.45) is 0. The number of anilines is 1. The predicted molar refractivity (Wildman–Crippen MR) is 94.0 cm³/mol. The Bertz CT molecular complexity index is 671. The molecule has 1 amide bonds. The molecule has 2 aromatic carbocycles. The zero-order valence-corrected chi connectivity index (χ0v) is 14.1. The molecule has 22 heavy (non-hydrogen) atoms. The van der Waals surface area contributed by atoms with Crippen LogP contribution < -0.4 is 10.7 Å². The molecule has 0 unspecified atom stereocenters. The van der Waals surface area contributed by atoms with Gasteiger partial charge in [0.05, 0.1) is 5.71 Å². The van der Waals surface area contributed by atoms with Gasteiger partial charge < -0.3 is 5.32 Å². The van der Waals surface area contributed by atoms with Gasteiger partial charge in [-0.2, -0.15) is 5.10 Å². The summed E-state index contributed by atoms with van der Waals surface area (Å²) in [5.74, 6) is -0.185. The number of hydrazone groups is 1. The minimum absolute atomic E-state index is 0.185. The molecule has 0 aliphatic rings. The molecule has 114 valence electrons. The number of rotatable bonds is 5. The molecule has 4 nitrogen and oxygen atoms in total. The van der Waals surface area contributed by atoms with Crippen molar-refractivity contribution < 1.29 is 4.79 Å². The molecule has 0 spiro atoms. The number of carbonyl (C=O) groups is 1. The number of nitrogens with one attached hydrogen (secondary N) is 2. The molecule has 0 aliphatic carbocycles. The second-order valence-electron chi connectivity index (χ2n) is 4.92. The van der Waals surface area contributed by atoms with Crippen LogP contribution in [0.25, 0.3) is 0 Å². The fraction of sp³-hybridized carbons (Fsp3) is 0.176. The Hall–Kier alpha value is -2.14. The highest BCUT2D eigenvalue weighted by molar-refractivity contribution is 9.10. The minimum atomic E-state index is -0.387. The number of hydrogen-bond acceptors (Lipinski definition) is 3. The van der Waals surface area contributed by atoms with Gasteiger partial charge in [-0.3, -0.25) is 4.79 Å². The summed E-state index contributed by atoms with van der Waals surface area (Å²) in [5.41, 5.74) is 5.22. The number of benzene rings is 2. The van der Waals surface area contributed by atoms with Crippen LogP contribution >= 0.6 is 15.9 Å². The Morgan fingerprint density at radius 3 is 2.55 bits per heavy atom. The first-order valence-corrected chi connectivity index (χ1v) is 7.77. The zero-order chi connectivity index (χ0) is 15.9. The van der Waals surface area contributed by atoms with Crippen molar-refractivity contribution >= 4 is 33.2 Å². The first-order valence-electron chi connectivity index (χ1n) is 6.98. The van der Waals surface area contributed by atoms with Crippen molar-refractivity contribution in [3.05, 3.63) is 64.6 Å². The number of hydrogen-bond donors (Lipinski definition) is 2. The summed E-state index contributed by atoms with van der Waals surface area (Å²) < 4.78 is 0.961. The van der Waals surface area contributed by atoms with Gasteiger partial charge in [0.1, 0.15) is 6.04 Å². The Kier molecular flexibility index (Phi) is 5.72. The summed E-state index contributed by atoms with van der Waals surface area (Å²) in [5, 5.41) is 7.28. The van der Waals surface area contributed by atoms with Crippen LogP contribution in [-0.4, -0.2) is 17.7 Å². The van der Waals surface area contributed by atoms with Crippen LogP contribution in [0.3, 0.4) is 0 Å². The normalized spacial score (nSPS) is 12.6. The highest BCUT2D eigenvalue weighted by Crippen LogP contribution is 2.16. The molecule has 0 bridgehead atoms. The quantitative estimate of drug-likeness (QED) is 0.630. The van der Waals surface area contributed by atoms with Gasteiger partial charge in [-0.15, -0.1) is 0 Å². The molecule has 2 aromatic rings. The van der Waals surface area contributed by atoms with E-state index in [2.05, 4.69) is 31.8 Å². The van der Waals surface area contributed by atoms with Crippen LogP contribution in [-0.2, 0) is 4.79 Å². The summed E-state index contributed by atoms with van der Waals surface area (Å²) >= 11 is 3.40. The van der Waals surface area contributed by atoms with Gasteiger partial charge in [-0.1, -0.05) is 52.3 Å². The van der Waals surface area contributed by atoms with Crippen molar-refractivity contribution in [2.45, 2.75) is 19.9 Å². The SMILES string of the molecule is C/C(=N\NC(=O)[C@H](C)Nc1cccc(Br)c1)c1ccccc1. The van der Waals surface area contributed by atoms with E-state index in [-0.39, 0.29) is 11.9 Å². The fourth-order valence-corrected chi connectivity index (χ4v) is 2.27. The van der Waals surface area contributed by atoms with Gasteiger partial charge in [0.25, 0.3) is 5.91 Å². The Labute approximate surface area is 138 Å². The lowest BCUT2D eigenvalue weighted by molar-refractivity contribution is -0.121. The van der Waals surface area contributed by atoms with Crippen LogP contribution in [0, 0.1) is 0 Å². The second-order valence-corrected chi connectivity index (χ2v) is 5.83. The van der Waals surface area contributed by atoms with Crippen LogP contribution in [0.15, 0.2) is 64.2 Å². The van der Waals surface area contributed by atoms with Crippen LogP contribution in [0.4, 0.5) is 5.69 Å². The highest BCUT2D eigenvalue weighted by atomic mass is 79.9. The van der Waals surface area contributed by atoms with E-state index in [4.69, 9.17) is 0 Å². The molecule has 0 heterocycles. The minimum Gasteiger partial charge on any atom is -0.374 e. The van der Waals surface area contributed by atoms with Crippen LogP contribution in [0.5, 0.6) is 0 Å². The molecule has 0 saturated carbocycles. The van der Waals surface area contributed by atoms with Gasteiger partial charge in [-0.25, -0.2) is 5.43 Å². The lowest BCUT2D eigenvalue weighted by atomic mass is 10.1. The molecule has 5 heteroatoms. The lowest BCUT2D eigenvalue weighted by Crippen LogP contribution is -2.35. The maximum atomic E-state index is 12.1. The first-order chi connectivity index (χ1) is 10.6. The lowest BCUT2D eigenvalue weighted by Gasteiger charge is -2.14. The average Bonchev–Trinajstić information content (AvgIpc) is 2.53. The monoisotopic (exact) mass is 359 g/mol. The molecule has 1 atom stereocenters. The third-order valence-corrected chi connectivity index (χ3v) is 3.62. The van der Waals surface area contributed by atoms with Crippen molar-refractivity contribution in [1.82, 2.24) is 5.43 Å². The standard InChI is InChI=1S/C17H18BrN3O/c1-12(14-7-4-3-5-8-14)20-21-17(22)13(2)19-16-10-6-9-15(18)11-16/h3-11,13,19H,1-2H3,(H,21,22)/b20-12+/t13-/m0/s1. The molecule has 2 N–H and O–H groups in total. The summed E-state index contributed by atoms with van der Waals surface area (Å²) in [4.78, 5) is 12.1. The fourth-order valence-electron chi connectivity index (χ4n) is 1.87. The van der Waals surface area contributed by atoms with Gasteiger partial charge in [-0.05, 0) is 37.6 Å². The third kappa shape index (κ3) is 4.70. The molecule has 0 aliphatic heterocycles. The van der Waals surface area contributed by atoms with Crippen LogP contribution in [0.2, 0.25) is 0 Å². The molecule has 2 rings (SSSR count). The van der Waals surface area contributed by atoms with E-state index in [1.807, 2.05) is 61.5 Å². The summed E-state index contributed by atoms with van der Waals surface area (Å²) in [7, 11) is 0. The van der Waals surface area contributed by atoms with E-state index in [1.165, 1.54) is 0 Å². The van der Waals surface area contributed by atoms with E-state index in [0.717, 1.165) is 21.4 Å². The summed E-state index contributed by atoms with van der Waals surface area (Å²) in [6, 6.07) is 17.0. The number of halogens is 1. The van der Waals surface area contributed by atoms with Crippen molar-refractivity contribution in [1.29, 1.82) is 0 Å². The Morgan fingerprint density at radius 1 is 1.14 bits per heavy atom. The van der Waals surface area contributed by atoms with Gasteiger partial charge >= 0.3 is 0 Å². The molecular formula is C17H18BrN3O. The van der Waals surface area contributed by atoms with Crippen LogP contribution in [0.1, 0.15) is 19.4 Å². The molecular weight excluding hydrogens is 342 g/mol. The Morgan fingerprint density at radius 2 is 1.86 bits per heavy atom. The molecule has 0 fully saturated rings. The second kappa shape index (κ2) is 7.75. The van der Waals surface area contributed by atoms with E-state index >= 15 is 0 Å². The van der Waals surface area contributed by atoms with Gasteiger partial charge in [0.15, 0.2) is 0 Å². The number of nitrogens with zero attached hydrogens (tertiary/aromatic N) is 1. The van der Waals surface area contributed by atoms with E-state index in [9.17, 15) is 4.79 Å². The Balaban J connectivity index is 1.94. The maximum Gasteiger partial charge on any atom is 0.262 e. The number of carbonyl (C=O) groups excluding carboxylic acids is 1. The van der Waals surface area contributed by atoms with Crippen molar-refractivity contribution in [3.63, 3.8) is 0 Å². The van der Waals surface area contributed by atoms with Crippen molar-refractivity contribution in [3.8, 4) is 0 Å². The van der Waals surface area contributed by atoms with Gasteiger partial charge in [0, 0.05) is 10.2 Å². The predicted octanol–water partition coefficient (Wildman–Crippen LogP) is 3.79. The highest BCUT2D eigenvalue weighted by Gasteiger charge is 2.12. The largest absolute Gasteiger partial charge is 0.374 e. The molecule has 0 aromatic heterocycles. The molecule has 0 saturated heterocycles. The van der Waals surface area contributed by atoms with Crippen molar-refractivity contribution in [2.24, 2.45) is 5.10 Å². The molecule has 0 radical (unpaired) electrons. The topological polar surface area (TPSA) is 53.5 Å². The summed E-state index contributed by atoms with van der Waals surface area (Å²) in [6.45, 7) is 3.66. The zero-order valence-electron chi connectivity index (χ0n) is 12.5. The van der Waals surface area contributed by atoms with E-state index in [1.54, 1.807) is 6.92 Å².